The van der Waals surface area contributed by atoms with Gasteiger partial charge in [0, 0.05) is 24.1 Å². The van der Waals surface area contributed by atoms with Crippen LogP contribution in [0.3, 0.4) is 0 Å². The number of thiazole rings is 1. The number of benzene rings is 1. The summed E-state index contributed by atoms with van der Waals surface area (Å²) in [5.74, 6) is 0.496. The van der Waals surface area contributed by atoms with E-state index in [9.17, 15) is 0 Å². The molecule has 0 aliphatic carbocycles. The van der Waals surface area contributed by atoms with E-state index in [4.69, 9.17) is 5.11 Å². The Kier molecular flexibility index (Phi) is 5.71. The van der Waals surface area contributed by atoms with Crippen LogP contribution in [0.5, 0.6) is 0 Å². The standard InChI is InChI=1S/C16H22N2OS/c1-12-3-5-14(6-4-12)16-18-15(11-20-16)10-17-9-13(2)7-8-19/h3-6,11,13,17,19H,7-10H2,1-2H3. The minimum Gasteiger partial charge on any atom is -0.396 e. The average molecular weight is 290 g/mol. The molecule has 0 aliphatic heterocycles. The third-order valence-electron chi connectivity index (χ3n) is 3.27. The maximum Gasteiger partial charge on any atom is 0.123 e. The summed E-state index contributed by atoms with van der Waals surface area (Å²) in [6.07, 6.45) is 0.846. The van der Waals surface area contributed by atoms with Crippen LogP contribution in [0.25, 0.3) is 10.6 Å². The zero-order valence-electron chi connectivity index (χ0n) is 12.1. The van der Waals surface area contributed by atoms with Crippen molar-refractivity contribution in [3.05, 3.63) is 40.9 Å². The highest BCUT2D eigenvalue weighted by atomic mass is 32.1. The van der Waals surface area contributed by atoms with E-state index in [1.807, 2.05) is 0 Å². The maximum absolute atomic E-state index is 8.86. The second kappa shape index (κ2) is 7.53. The first-order valence-electron chi connectivity index (χ1n) is 7.02. The highest BCUT2D eigenvalue weighted by Crippen LogP contribution is 2.23. The van der Waals surface area contributed by atoms with Crippen molar-refractivity contribution in [2.24, 2.45) is 5.92 Å². The van der Waals surface area contributed by atoms with Crippen LogP contribution in [0, 0.1) is 12.8 Å². The molecule has 0 saturated carbocycles. The molecule has 2 aromatic rings. The number of nitrogens with one attached hydrogen (secondary N) is 1. The predicted molar refractivity (Wildman–Crippen MR) is 84.9 cm³/mol. The number of hydrogen-bond acceptors (Lipinski definition) is 4. The SMILES string of the molecule is Cc1ccc(-c2nc(CNCC(C)CCO)cs2)cc1. The van der Waals surface area contributed by atoms with Gasteiger partial charge in [0.05, 0.1) is 5.69 Å². The lowest BCUT2D eigenvalue weighted by Crippen LogP contribution is -2.21. The molecule has 1 aromatic carbocycles. The summed E-state index contributed by atoms with van der Waals surface area (Å²) < 4.78 is 0. The van der Waals surface area contributed by atoms with E-state index >= 15 is 0 Å². The van der Waals surface area contributed by atoms with E-state index in [0.717, 1.165) is 30.2 Å². The van der Waals surface area contributed by atoms with Crippen LogP contribution in [0.2, 0.25) is 0 Å². The Morgan fingerprint density at radius 1 is 1.30 bits per heavy atom. The number of nitrogens with zero attached hydrogens (tertiary/aromatic N) is 1. The Hall–Kier alpha value is -1.23. The molecule has 0 radical (unpaired) electrons. The Balaban J connectivity index is 1.87. The van der Waals surface area contributed by atoms with Gasteiger partial charge in [0.2, 0.25) is 0 Å². The number of aryl methyl sites for hydroxylation is 1. The van der Waals surface area contributed by atoms with Crippen molar-refractivity contribution in [3.8, 4) is 10.6 Å². The van der Waals surface area contributed by atoms with Crippen molar-refractivity contribution in [2.45, 2.75) is 26.8 Å². The van der Waals surface area contributed by atoms with Gasteiger partial charge in [-0.2, -0.15) is 0 Å². The molecule has 0 saturated heterocycles. The molecule has 2 rings (SSSR count). The van der Waals surface area contributed by atoms with E-state index in [0.29, 0.717) is 5.92 Å². The molecule has 0 aliphatic rings. The van der Waals surface area contributed by atoms with Gasteiger partial charge in [-0.3, -0.25) is 0 Å². The van der Waals surface area contributed by atoms with Gasteiger partial charge in [0.1, 0.15) is 5.01 Å². The summed E-state index contributed by atoms with van der Waals surface area (Å²) in [6, 6.07) is 8.47. The zero-order valence-corrected chi connectivity index (χ0v) is 12.9. The quantitative estimate of drug-likeness (QED) is 0.823. The molecule has 1 heterocycles. The monoisotopic (exact) mass is 290 g/mol. The molecule has 1 unspecified atom stereocenters. The summed E-state index contributed by atoms with van der Waals surface area (Å²) in [5, 5.41) is 15.4. The molecule has 1 aromatic heterocycles. The minimum atomic E-state index is 0.261. The smallest absolute Gasteiger partial charge is 0.123 e. The summed E-state index contributed by atoms with van der Waals surface area (Å²) in [7, 11) is 0. The van der Waals surface area contributed by atoms with Crippen LogP contribution in [0.4, 0.5) is 0 Å². The third-order valence-corrected chi connectivity index (χ3v) is 4.21. The van der Waals surface area contributed by atoms with E-state index in [1.54, 1.807) is 11.3 Å². The van der Waals surface area contributed by atoms with Crippen LogP contribution in [0.15, 0.2) is 29.6 Å². The number of aromatic nitrogens is 1. The highest BCUT2D eigenvalue weighted by molar-refractivity contribution is 7.13. The largest absolute Gasteiger partial charge is 0.396 e. The van der Waals surface area contributed by atoms with Crippen LogP contribution in [-0.2, 0) is 6.54 Å². The molecule has 1 atom stereocenters. The van der Waals surface area contributed by atoms with Crippen molar-refractivity contribution in [1.29, 1.82) is 0 Å². The average Bonchev–Trinajstić information content (AvgIpc) is 2.89. The van der Waals surface area contributed by atoms with Gasteiger partial charge in [-0.25, -0.2) is 4.98 Å². The molecule has 0 spiro atoms. The Morgan fingerprint density at radius 3 is 2.75 bits per heavy atom. The molecule has 2 N–H and O–H groups in total. The maximum atomic E-state index is 8.86. The molecule has 3 nitrogen and oxygen atoms in total. The third kappa shape index (κ3) is 4.40. The van der Waals surface area contributed by atoms with Crippen LogP contribution in [-0.4, -0.2) is 23.2 Å². The second-order valence-corrected chi connectivity index (χ2v) is 6.12. The van der Waals surface area contributed by atoms with E-state index < -0.39 is 0 Å². The van der Waals surface area contributed by atoms with Gasteiger partial charge < -0.3 is 10.4 Å². The summed E-state index contributed by atoms with van der Waals surface area (Å²) in [6.45, 7) is 6.20. The Labute approximate surface area is 124 Å². The predicted octanol–water partition coefficient (Wildman–Crippen LogP) is 3.23. The van der Waals surface area contributed by atoms with Crippen molar-refractivity contribution < 1.29 is 5.11 Å². The molecular formula is C16H22N2OS. The lowest BCUT2D eigenvalue weighted by atomic mass is 10.1. The van der Waals surface area contributed by atoms with Crippen molar-refractivity contribution in [3.63, 3.8) is 0 Å². The van der Waals surface area contributed by atoms with E-state index in [1.165, 1.54) is 11.1 Å². The number of aliphatic hydroxyl groups is 1. The summed E-state index contributed by atoms with van der Waals surface area (Å²) >= 11 is 1.69. The lowest BCUT2D eigenvalue weighted by molar-refractivity contribution is 0.260. The van der Waals surface area contributed by atoms with Crippen molar-refractivity contribution >= 4 is 11.3 Å². The molecule has 0 amide bonds. The fourth-order valence-electron chi connectivity index (χ4n) is 1.99. The first kappa shape index (κ1) is 15.2. The van der Waals surface area contributed by atoms with E-state index in [2.05, 4.69) is 53.8 Å². The van der Waals surface area contributed by atoms with Crippen molar-refractivity contribution in [2.75, 3.05) is 13.2 Å². The number of aliphatic hydroxyl groups excluding tert-OH is 1. The van der Waals surface area contributed by atoms with Crippen LogP contribution in [0.1, 0.15) is 24.6 Å². The van der Waals surface area contributed by atoms with Crippen LogP contribution >= 0.6 is 11.3 Å². The first-order valence-corrected chi connectivity index (χ1v) is 7.90. The first-order chi connectivity index (χ1) is 9.69. The molecule has 20 heavy (non-hydrogen) atoms. The van der Waals surface area contributed by atoms with E-state index in [-0.39, 0.29) is 6.61 Å². The van der Waals surface area contributed by atoms with Crippen LogP contribution < -0.4 is 5.32 Å². The minimum absolute atomic E-state index is 0.261. The zero-order chi connectivity index (χ0) is 14.4. The number of hydrogen-bond donors (Lipinski definition) is 2. The topological polar surface area (TPSA) is 45.2 Å². The summed E-state index contributed by atoms with van der Waals surface area (Å²) in [5.41, 5.74) is 3.53. The fraction of sp³-hybridized carbons (Fsp3) is 0.438. The molecule has 108 valence electrons. The molecule has 0 bridgehead atoms. The van der Waals surface area contributed by atoms with Gasteiger partial charge in [-0.1, -0.05) is 36.8 Å². The van der Waals surface area contributed by atoms with Gasteiger partial charge in [-0.15, -0.1) is 11.3 Å². The van der Waals surface area contributed by atoms with Gasteiger partial charge in [-0.05, 0) is 25.8 Å². The number of rotatable bonds is 7. The van der Waals surface area contributed by atoms with Gasteiger partial charge >= 0.3 is 0 Å². The fourth-order valence-corrected chi connectivity index (χ4v) is 2.81. The highest BCUT2D eigenvalue weighted by Gasteiger charge is 2.05. The Morgan fingerprint density at radius 2 is 2.05 bits per heavy atom. The molecule has 4 heteroatoms. The van der Waals surface area contributed by atoms with Crippen molar-refractivity contribution in [1.82, 2.24) is 10.3 Å². The molecule has 0 fully saturated rings. The lowest BCUT2D eigenvalue weighted by Gasteiger charge is -2.09. The second-order valence-electron chi connectivity index (χ2n) is 5.26. The molecular weight excluding hydrogens is 268 g/mol. The normalized spacial score (nSPS) is 12.6. The van der Waals surface area contributed by atoms with Gasteiger partial charge in [0.25, 0.3) is 0 Å². The Bertz CT molecular complexity index is 522. The summed E-state index contributed by atoms with van der Waals surface area (Å²) in [4.78, 5) is 4.66. The van der Waals surface area contributed by atoms with Gasteiger partial charge in [0.15, 0.2) is 0 Å².